The Morgan fingerprint density at radius 1 is 1.56 bits per heavy atom. The van der Waals surface area contributed by atoms with E-state index in [0.717, 1.165) is 0 Å². The SMILES string of the molecule is CC(NS(=O)(=O)CC#N)c1cccc(F)c1. The van der Waals surface area contributed by atoms with Crippen LogP contribution in [0.1, 0.15) is 18.5 Å². The van der Waals surface area contributed by atoms with Gasteiger partial charge in [0.25, 0.3) is 0 Å². The summed E-state index contributed by atoms with van der Waals surface area (Å²) in [5.74, 6) is -1.03. The zero-order chi connectivity index (χ0) is 12.2. The van der Waals surface area contributed by atoms with Gasteiger partial charge in [0, 0.05) is 6.04 Å². The van der Waals surface area contributed by atoms with E-state index in [4.69, 9.17) is 5.26 Å². The fourth-order valence-electron chi connectivity index (χ4n) is 1.24. The maximum atomic E-state index is 12.9. The topological polar surface area (TPSA) is 70.0 Å². The van der Waals surface area contributed by atoms with Crippen LogP contribution in [0.25, 0.3) is 0 Å². The molecule has 1 rings (SSSR count). The molecule has 0 aliphatic rings. The zero-order valence-electron chi connectivity index (χ0n) is 8.64. The second-order valence-electron chi connectivity index (χ2n) is 3.31. The number of hydrogen-bond donors (Lipinski definition) is 1. The van der Waals surface area contributed by atoms with Gasteiger partial charge in [-0.15, -0.1) is 0 Å². The van der Waals surface area contributed by atoms with Crippen molar-refractivity contribution < 1.29 is 12.8 Å². The molecule has 1 atom stereocenters. The lowest BCUT2D eigenvalue weighted by atomic mass is 10.1. The van der Waals surface area contributed by atoms with Crippen LogP contribution in [0.3, 0.4) is 0 Å². The van der Waals surface area contributed by atoms with Crippen LogP contribution in [0, 0.1) is 17.1 Å². The first kappa shape index (κ1) is 12.6. The molecule has 0 bridgehead atoms. The van der Waals surface area contributed by atoms with Gasteiger partial charge < -0.3 is 0 Å². The van der Waals surface area contributed by atoms with Crippen molar-refractivity contribution in [2.24, 2.45) is 0 Å². The van der Waals surface area contributed by atoms with Crippen LogP contribution < -0.4 is 4.72 Å². The highest BCUT2D eigenvalue weighted by Gasteiger charge is 2.15. The van der Waals surface area contributed by atoms with Gasteiger partial charge in [0.05, 0.1) is 6.07 Å². The first-order valence-electron chi connectivity index (χ1n) is 4.57. The van der Waals surface area contributed by atoms with E-state index in [1.54, 1.807) is 19.1 Å². The van der Waals surface area contributed by atoms with E-state index in [9.17, 15) is 12.8 Å². The van der Waals surface area contributed by atoms with Crippen LogP contribution in [0.15, 0.2) is 24.3 Å². The van der Waals surface area contributed by atoms with Crippen LogP contribution >= 0.6 is 0 Å². The highest BCUT2D eigenvalue weighted by molar-refractivity contribution is 7.89. The maximum Gasteiger partial charge on any atom is 0.225 e. The average Bonchev–Trinajstić information content (AvgIpc) is 2.16. The second kappa shape index (κ2) is 5.05. The summed E-state index contributed by atoms with van der Waals surface area (Å²) in [7, 11) is -3.63. The number of nitrogens with one attached hydrogen (secondary N) is 1. The number of nitriles is 1. The van der Waals surface area contributed by atoms with Crippen molar-refractivity contribution in [3.05, 3.63) is 35.6 Å². The average molecular weight is 242 g/mol. The number of sulfonamides is 1. The van der Waals surface area contributed by atoms with Crippen molar-refractivity contribution >= 4 is 10.0 Å². The number of rotatable bonds is 4. The van der Waals surface area contributed by atoms with Crippen LogP contribution in [0.5, 0.6) is 0 Å². The third kappa shape index (κ3) is 3.61. The standard InChI is InChI=1S/C10H11FN2O2S/c1-8(13-16(14,15)6-5-12)9-3-2-4-10(11)7-9/h2-4,7-8,13H,6H2,1H3. The summed E-state index contributed by atoms with van der Waals surface area (Å²) >= 11 is 0. The summed E-state index contributed by atoms with van der Waals surface area (Å²) in [6.07, 6.45) is 0. The van der Waals surface area contributed by atoms with E-state index in [2.05, 4.69) is 4.72 Å². The fourth-order valence-corrected chi connectivity index (χ4v) is 2.17. The molecule has 0 amide bonds. The predicted molar refractivity (Wildman–Crippen MR) is 57.4 cm³/mol. The third-order valence-electron chi connectivity index (χ3n) is 1.96. The Morgan fingerprint density at radius 2 is 2.25 bits per heavy atom. The highest BCUT2D eigenvalue weighted by atomic mass is 32.2. The fraction of sp³-hybridized carbons (Fsp3) is 0.300. The van der Waals surface area contributed by atoms with Crippen LogP contribution in [0.4, 0.5) is 4.39 Å². The molecule has 0 saturated carbocycles. The van der Waals surface area contributed by atoms with Gasteiger partial charge in [0.15, 0.2) is 5.75 Å². The maximum absolute atomic E-state index is 12.9. The number of nitrogens with zero attached hydrogens (tertiary/aromatic N) is 1. The first-order valence-corrected chi connectivity index (χ1v) is 6.22. The summed E-state index contributed by atoms with van der Waals surface area (Å²) in [5, 5.41) is 8.30. The Kier molecular flexibility index (Phi) is 3.99. The highest BCUT2D eigenvalue weighted by Crippen LogP contribution is 2.14. The molecule has 0 spiro atoms. The van der Waals surface area contributed by atoms with Gasteiger partial charge >= 0.3 is 0 Å². The van der Waals surface area contributed by atoms with E-state index in [1.807, 2.05) is 0 Å². The Balaban J connectivity index is 2.81. The molecule has 4 nitrogen and oxygen atoms in total. The van der Waals surface area contributed by atoms with Gasteiger partial charge in [0.2, 0.25) is 10.0 Å². The Bertz CT molecular complexity index is 508. The van der Waals surface area contributed by atoms with Gasteiger partial charge in [0.1, 0.15) is 5.82 Å². The zero-order valence-corrected chi connectivity index (χ0v) is 9.46. The molecule has 6 heteroatoms. The van der Waals surface area contributed by atoms with E-state index >= 15 is 0 Å². The van der Waals surface area contributed by atoms with Crippen molar-refractivity contribution in [3.8, 4) is 6.07 Å². The quantitative estimate of drug-likeness (QED) is 0.865. The summed E-state index contributed by atoms with van der Waals surface area (Å²) in [5.41, 5.74) is 0.515. The summed E-state index contributed by atoms with van der Waals surface area (Å²) < 4.78 is 37.7. The van der Waals surface area contributed by atoms with Crippen LogP contribution in [0.2, 0.25) is 0 Å². The molecule has 0 aliphatic carbocycles. The Morgan fingerprint density at radius 3 is 2.81 bits per heavy atom. The molecule has 0 heterocycles. The lowest BCUT2D eigenvalue weighted by Gasteiger charge is -2.13. The first-order chi connectivity index (χ1) is 7.44. The summed E-state index contributed by atoms with van der Waals surface area (Å²) in [6.45, 7) is 1.59. The molecule has 1 aromatic carbocycles. The van der Waals surface area contributed by atoms with Crippen molar-refractivity contribution in [2.75, 3.05) is 5.75 Å². The molecule has 1 N–H and O–H groups in total. The van der Waals surface area contributed by atoms with Crippen LogP contribution in [-0.2, 0) is 10.0 Å². The minimum Gasteiger partial charge on any atom is -0.211 e. The molecule has 0 fully saturated rings. The molecule has 0 radical (unpaired) electrons. The minimum atomic E-state index is -3.63. The predicted octanol–water partition coefficient (Wildman–Crippen LogP) is 1.33. The van der Waals surface area contributed by atoms with E-state index in [-0.39, 0.29) is 0 Å². The van der Waals surface area contributed by atoms with Crippen molar-refractivity contribution in [1.82, 2.24) is 4.72 Å². The molecule has 86 valence electrons. The number of halogens is 1. The normalized spacial score (nSPS) is 13.1. The van der Waals surface area contributed by atoms with Crippen molar-refractivity contribution in [1.29, 1.82) is 5.26 Å². The third-order valence-corrected chi connectivity index (χ3v) is 3.18. The number of hydrogen-bond acceptors (Lipinski definition) is 3. The lowest BCUT2D eigenvalue weighted by molar-refractivity contribution is 0.568. The molecule has 1 aromatic rings. The Labute approximate surface area is 93.8 Å². The Hall–Kier alpha value is -1.45. The lowest BCUT2D eigenvalue weighted by Crippen LogP contribution is -2.28. The summed E-state index contributed by atoms with van der Waals surface area (Å²) in [4.78, 5) is 0. The molecule has 0 aromatic heterocycles. The van der Waals surface area contributed by atoms with Crippen LogP contribution in [-0.4, -0.2) is 14.2 Å². The molecule has 0 aliphatic heterocycles. The van der Waals surface area contributed by atoms with Gasteiger partial charge in [-0.05, 0) is 24.6 Å². The molecule has 1 unspecified atom stereocenters. The van der Waals surface area contributed by atoms with Gasteiger partial charge in [-0.3, -0.25) is 0 Å². The largest absolute Gasteiger partial charge is 0.225 e. The number of benzene rings is 1. The van der Waals surface area contributed by atoms with Crippen molar-refractivity contribution in [3.63, 3.8) is 0 Å². The summed E-state index contributed by atoms with van der Waals surface area (Å²) in [6, 6.07) is 6.63. The minimum absolute atomic E-state index is 0.427. The van der Waals surface area contributed by atoms with Gasteiger partial charge in [-0.2, -0.15) is 5.26 Å². The molecule has 16 heavy (non-hydrogen) atoms. The van der Waals surface area contributed by atoms with E-state index in [0.29, 0.717) is 5.56 Å². The van der Waals surface area contributed by atoms with E-state index in [1.165, 1.54) is 18.2 Å². The monoisotopic (exact) mass is 242 g/mol. The molecular formula is C10H11FN2O2S. The van der Waals surface area contributed by atoms with Gasteiger partial charge in [-0.25, -0.2) is 17.5 Å². The van der Waals surface area contributed by atoms with E-state index < -0.39 is 27.6 Å². The molecule has 0 saturated heterocycles. The van der Waals surface area contributed by atoms with Crippen molar-refractivity contribution in [2.45, 2.75) is 13.0 Å². The second-order valence-corrected chi connectivity index (χ2v) is 5.07. The smallest absolute Gasteiger partial charge is 0.211 e. The van der Waals surface area contributed by atoms with Gasteiger partial charge in [-0.1, -0.05) is 12.1 Å². The molecular weight excluding hydrogens is 231 g/mol.